The topological polar surface area (TPSA) is 61.9 Å². The van der Waals surface area contributed by atoms with Crippen molar-refractivity contribution in [3.05, 3.63) is 54.1 Å². The van der Waals surface area contributed by atoms with E-state index < -0.39 is 0 Å². The highest BCUT2D eigenvalue weighted by Gasteiger charge is 2.25. The number of rotatable bonds is 7. The molecule has 160 valence electrons. The number of benzene rings is 2. The fourth-order valence-corrected chi connectivity index (χ4v) is 4.34. The van der Waals surface area contributed by atoms with Gasteiger partial charge in [0.15, 0.2) is 0 Å². The Kier molecular flexibility index (Phi) is 7.63. The molecule has 1 N–H and O–H groups in total. The molecule has 1 saturated heterocycles. The second kappa shape index (κ2) is 10.4. The van der Waals surface area contributed by atoms with Gasteiger partial charge in [0.2, 0.25) is 5.91 Å². The summed E-state index contributed by atoms with van der Waals surface area (Å²) in [6.45, 7) is 6.65. The molecule has 2 aromatic carbocycles. The predicted octanol–water partition coefficient (Wildman–Crippen LogP) is 3.27. The highest BCUT2D eigenvalue weighted by molar-refractivity contribution is 8.00. The molecule has 0 atom stereocenters. The zero-order valence-corrected chi connectivity index (χ0v) is 18.6. The zero-order chi connectivity index (χ0) is 21.5. The molecule has 0 spiro atoms. The molecule has 1 heterocycles. The summed E-state index contributed by atoms with van der Waals surface area (Å²) >= 11 is 1.41. The molecule has 1 aliphatic rings. The van der Waals surface area contributed by atoms with E-state index in [0.29, 0.717) is 24.4 Å². The second-order valence-electron chi connectivity index (χ2n) is 7.46. The minimum atomic E-state index is -0.0253. The van der Waals surface area contributed by atoms with Gasteiger partial charge in [0.05, 0.1) is 24.1 Å². The maximum absolute atomic E-state index is 13.2. The Morgan fingerprint density at radius 2 is 1.70 bits per heavy atom. The van der Waals surface area contributed by atoms with Gasteiger partial charge >= 0.3 is 0 Å². The third kappa shape index (κ3) is 5.48. The van der Waals surface area contributed by atoms with Crippen LogP contribution in [0.5, 0.6) is 5.75 Å². The molecule has 0 aliphatic carbocycles. The Hall–Kier alpha value is -2.67. The van der Waals surface area contributed by atoms with E-state index in [1.807, 2.05) is 67.3 Å². The van der Waals surface area contributed by atoms with Crippen LogP contribution in [0.4, 0.5) is 5.69 Å². The average molecular weight is 428 g/mol. The second-order valence-corrected chi connectivity index (χ2v) is 8.48. The first kappa shape index (κ1) is 22.0. The number of thioether (sulfide) groups is 1. The van der Waals surface area contributed by atoms with Crippen molar-refractivity contribution in [3.63, 3.8) is 0 Å². The van der Waals surface area contributed by atoms with Crippen LogP contribution in [0, 0.1) is 0 Å². The van der Waals surface area contributed by atoms with Crippen molar-refractivity contribution in [2.45, 2.75) is 24.8 Å². The lowest BCUT2D eigenvalue weighted by atomic mass is 10.1. The SMILES string of the molecule is COc1ccccc1N1CCN(C(=O)c2ccccc2SCC(=O)NC(C)C)CC1. The molecule has 0 aromatic heterocycles. The number of carbonyl (C=O) groups excluding carboxylic acids is 2. The molecule has 3 rings (SSSR count). The number of para-hydroxylation sites is 2. The summed E-state index contributed by atoms with van der Waals surface area (Å²) in [6, 6.07) is 15.6. The first-order chi connectivity index (χ1) is 14.5. The van der Waals surface area contributed by atoms with Crippen LogP contribution in [-0.2, 0) is 4.79 Å². The molecule has 7 heteroatoms. The number of carbonyl (C=O) groups is 2. The van der Waals surface area contributed by atoms with E-state index in [4.69, 9.17) is 4.74 Å². The van der Waals surface area contributed by atoms with Crippen LogP contribution >= 0.6 is 11.8 Å². The molecule has 0 bridgehead atoms. The van der Waals surface area contributed by atoms with E-state index in [2.05, 4.69) is 10.2 Å². The van der Waals surface area contributed by atoms with Crippen molar-refractivity contribution in [1.82, 2.24) is 10.2 Å². The number of nitrogens with one attached hydrogen (secondary N) is 1. The Morgan fingerprint density at radius 3 is 2.40 bits per heavy atom. The predicted molar refractivity (Wildman–Crippen MR) is 122 cm³/mol. The van der Waals surface area contributed by atoms with Crippen molar-refractivity contribution in [1.29, 1.82) is 0 Å². The Balaban J connectivity index is 1.63. The highest BCUT2D eigenvalue weighted by Crippen LogP contribution is 2.29. The zero-order valence-electron chi connectivity index (χ0n) is 17.8. The van der Waals surface area contributed by atoms with Crippen molar-refractivity contribution in [2.75, 3.05) is 43.9 Å². The normalized spacial score (nSPS) is 14.0. The smallest absolute Gasteiger partial charge is 0.255 e. The molecular formula is C23H29N3O3S. The van der Waals surface area contributed by atoms with Gasteiger partial charge in [-0.05, 0) is 38.1 Å². The number of amides is 2. The molecular weight excluding hydrogens is 398 g/mol. The number of methoxy groups -OCH3 is 1. The summed E-state index contributed by atoms with van der Waals surface area (Å²) < 4.78 is 5.47. The maximum Gasteiger partial charge on any atom is 0.255 e. The minimum absolute atomic E-state index is 0.0158. The monoisotopic (exact) mass is 427 g/mol. The summed E-state index contributed by atoms with van der Waals surface area (Å²) in [4.78, 5) is 30.1. The molecule has 6 nitrogen and oxygen atoms in total. The van der Waals surface area contributed by atoms with Crippen LogP contribution in [0.25, 0.3) is 0 Å². The lowest BCUT2D eigenvalue weighted by Gasteiger charge is -2.36. The lowest BCUT2D eigenvalue weighted by molar-refractivity contribution is -0.119. The Morgan fingerprint density at radius 1 is 1.03 bits per heavy atom. The quantitative estimate of drug-likeness (QED) is 0.687. The number of hydrogen-bond donors (Lipinski definition) is 1. The number of piperazine rings is 1. The third-order valence-electron chi connectivity index (χ3n) is 4.92. The summed E-state index contributed by atoms with van der Waals surface area (Å²) in [7, 11) is 1.68. The van der Waals surface area contributed by atoms with Gasteiger partial charge in [0.1, 0.15) is 5.75 Å². The first-order valence-electron chi connectivity index (χ1n) is 10.2. The van der Waals surface area contributed by atoms with E-state index in [1.165, 1.54) is 11.8 Å². The fraction of sp³-hybridized carbons (Fsp3) is 0.391. The van der Waals surface area contributed by atoms with Crippen LogP contribution < -0.4 is 15.0 Å². The van der Waals surface area contributed by atoms with Crippen LogP contribution in [0.15, 0.2) is 53.4 Å². The Labute approximate surface area is 182 Å². The van der Waals surface area contributed by atoms with E-state index in [-0.39, 0.29) is 17.9 Å². The maximum atomic E-state index is 13.2. The minimum Gasteiger partial charge on any atom is -0.495 e. The average Bonchev–Trinajstić information content (AvgIpc) is 2.77. The molecule has 0 unspecified atom stereocenters. The van der Waals surface area contributed by atoms with E-state index >= 15 is 0 Å². The van der Waals surface area contributed by atoms with Gasteiger partial charge in [-0.2, -0.15) is 0 Å². The van der Waals surface area contributed by atoms with Crippen LogP contribution in [0.3, 0.4) is 0 Å². The molecule has 2 amide bonds. The van der Waals surface area contributed by atoms with Gasteiger partial charge in [-0.3, -0.25) is 9.59 Å². The number of anilines is 1. The number of hydrogen-bond acceptors (Lipinski definition) is 5. The molecule has 1 aliphatic heterocycles. The standard InChI is InChI=1S/C23H29N3O3S/c1-17(2)24-22(27)16-30-21-11-7-4-8-18(21)23(28)26-14-12-25(13-15-26)19-9-5-6-10-20(19)29-3/h4-11,17H,12-16H2,1-3H3,(H,24,27). The van der Waals surface area contributed by atoms with Gasteiger partial charge in [0.25, 0.3) is 5.91 Å². The largest absolute Gasteiger partial charge is 0.495 e. The third-order valence-corrected chi connectivity index (χ3v) is 5.99. The lowest BCUT2D eigenvalue weighted by Crippen LogP contribution is -2.49. The summed E-state index contributed by atoms with van der Waals surface area (Å²) in [5, 5.41) is 2.88. The van der Waals surface area contributed by atoms with Gasteiger partial charge in [-0.15, -0.1) is 11.8 Å². The van der Waals surface area contributed by atoms with Crippen molar-refractivity contribution >= 4 is 29.3 Å². The molecule has 2 aromatic rings. The van der Waals surface area contributed by atoms with Gasteiger partial charge in [-0.1, -0.05) is 24.3 Å². The van der Waals surface area contributed by atoms with Crippen molar-refractivity contribution in [2.24, 2.45) is 0 Å². The van der Waals surface area contributed by atoms with Gasteiger partial charge in [-0.25, -0.2) is 0 Å². The molecule has 30 heavy (non-hydrogen) atoms. The first-order valence-corrected chi connectivity index (χ1v) is 11.2. The number of ether oxygens (including phenoxy) is 1. The Bertz CT molecular complexity index is 880. The fourth-order valence-electron chi connectivity index (χ4n) is 3.49. The van der Waals surface area contributed by atoms with Crippen molar-refractivity contribution in [3.8, 4) is 5.75 Å². The molecule has 0 saturated carbocycles. The van der Waals surface area contributed by atoms with Crippen molar-refractivity contribution < 1.29 is 14.3 Å². The number of nitrogens with zero attached hydrogens (tertiary/aromatic N) is 2. The van der Waals surface area contributed by atoms with Gasteiger partial charge < -0.3 is 19.9 Å². The van der Waals surface area contributed by atoms with E-state index in [1.54, 1.807) is 7.11 Å². The van der Waals surface area contributed by atoms with Crippen LogP contribution in [0.1, 0.15) is 24.2 Å². The highest BCUT2D eigenvalue weighted by atomic mass is 32.2. The summed E-state index contributed by atoms with van der Waals surface area (Å²) in [6.07, 6.45) is 0. The van der Waals surface area contributed by atoms with E-state index in [0.717, 1.165) is 29.4 Å². The summed E-state index contributed by atoms with van der Waals surface area (Å²) in [5.74, 6) is 1.13. The molecule has 1 fully saturated rings. The van der Waals surface area contributed by atoms with Crippen LogP contribution in [-0.4, -0.2) is 61.8 Å². The summed E-state index contributed by atoms with van der Waals surface area (Å²) in [5.41, 5.74) is 1.71. The van der Waals surface area contributed by atoms with Crippen LogP contribution in [0.2, 0.25) is 0 Å². The van der Waals surface area contributed by atoms with E-state index in [9.17, 15) is 9.59 Å². The molecule has 0 radical (unpaired) electrons. The van der Waals surface area contributed by atoms with Gasteiger partial charge in [0, 0.05) is 37.1 Å².